The Kier molecular flexibility index (Phi) is 1.54. The van der Waals surface area contributed by atoms with Crippen molar-refractivity contribution in [3.05, 3.63) is 0 Å². The number of hydrogen-bond donors (Lipinski definition) is 1. The van der Waals surface area contributed by atoms with Gasteiger partial charge in [0.05, 0.1) is 6.10 Å². The normalized spacial score (nSPS) is 40.9. The first-order valence-electron chi connectivity index (χ1n) is 3.07. The van der Waals surface area contributed by atoms with E-state index in [4.69, 9.17) is 5.11 Å². The van der Waals surface area contributed by atoms with Crippen LogP contribution < -0.4 is 0 Å². The summed E-state index contributed by atoms with van der Waals surface area (Å²) in [5.74, 6) is 0.472. The minimum Gasteiger partial charge on any atom is -0.391 e. The molecule has 0 spiro atoms. The van der Waals surface area contributed by atoms with Crippen molar-refractivity contribution in [3.63, 3.8) is 0 Å². The Morgan fingerprint density at radius 1 is 1.50 bits per heavy atom. The van der Waals surface area contributed by atoms with Gasteiger partial charge in [-0.25, -0.2) is 0 Å². The highest BCUT2D eigenvalue weighted by molar-refractivity contribution is 4.77. The molecule has 0 bridgehead atoms. The van der Waals surface area contributed by atoms with Crippen LogP contribution in [0.15, 0.2) is 0 Å². The molecule has 1 fully saturated rings. The van der Waals surface area contributed by atoms with E-state index in [0.717, 1.165) is 13.1 Å². The highest BCUT2D eigenvalue weighted by Crippen LogP contribution is 2.12. The molecule has 1 aliphatic rings. The highest BCUT2D eigenvalue weighted by Gasteiger charge is 2.24. The lowest BCUT2D eigenvalue weighted by atomic mass is 10.1. The summed E-state index contributed by atoms with van der Waals surface area (Å²) in [5.41, 5.74) is 0. The molecule has 0 unspecified atom stereocenters. The summed E-state index contributed by atoms with van der Waals surface area (Å²) in [5, 5.41) is 9.13. The predicted molar refractivity (Wildman–Crippen MR) is 32.7 cm³/mol. The predicted octanol–water partition coefficient (Wildman–Crippen LogP) is -0.0712. The number of rotatable bonds is 0. The Balaban J connectivity index is 2.39. The van der Waals surface area contributed by atoms with Crippen molar-refractivity contribution in [3.8, 4) is 0 Å². The molecule has 0 amide bonds. The van der Waals surface area contributed by atoms with Gasteiger partial charge in [0.15, 0.2) is 0 Å². The summed E-state index contributed by atoms with van der Waals surface area (Å²) in [7, 11) is 2.03. The summed E-state index contributed by atoms with van der Waals surface area (Å²) in [6.07, 6.45) is -0.0833. The van der Waals surface area contributed by atoms with Crippen LogP contribution in [0.4, 0.5) is 0 Å². The molecule has 0 aromatic carbocycles. The number of hydrogen-bond acceptors (Lipinski definition) is 2. The van der Waals surface area contributed by atoms with Crippen molar-refractivity contribution in [2.75, 3.05) is 20.1 Å². The molecule has 2 atom stereocenters. The topological polar surface area (TPSA) is 23.5 Å². The maximum absolute atomic E-state index is 9.13. The fourth-order valence-corrected chi connectivity index (χ4v) is 1.19. The van der Waals surface area contributed by atoms with Crippen LogP contribution in [-0.2, 0) is 0 Å². The molecule has 2 nitrogen and oxygen atoms in total. The van der Waals surface area contributed by atoms with Crippen molar-refractivity contribution in [1.82, 2.24) is 4.90 Å². The van der Waals surface area contributed by atoms with Crippen molar-refractivity contribution in [1.29, 1.82) is 0 Å². The zero-order valence-corrected chi connectivity index (χ0v) is 5.46. The molecule has 1 aliphatic heterocycles. The van der Waals surface area contributed by atoms with Gasteiger partial charge in [-0.15, -0.1) is 0 Å². The van der Waals surface area contributed by atoms with Gasteiger partial charge in [-0.3, -0.25) is 0 Å². The Morgan fingerprint density at radius 2 is 2.12 bits per heavy atom. The van der Waals surface area contributed by atoms with E-state index in [1.807, 2.05) is 7.05 Å². The quantitative estimate of drug-likeness (QED) is 0.477. The Morgan fingerprint density at radius 3 is 2.25 bits per heavy atom. The molecule has 0 aliphatic carbocycles. The molecule has 1 rings (SSSR count). The van der Waals surface area contributed by atoms with Crippen LogP contribution in [0.1, 0.15) is 6.92 Å². The average Bonchev–Trinajstić information content (AvgIpc) is 1.85. The summed E-state index contributed by atoms with van der Waals surface area (Å²) < 4.78 is 0. The van der Waals surface area contributed by atoms with Gasteiger partial charge < -0.3 is 10.0 Å². The summed E-state index contributed by atoms with van der Waals surface area (Å²) in [6, 6.07) is 0. The summed E-state index contributed by atoms with van der Waals surface area (Å²) in [4.78, 5) is 2.15. The molecule has 0 saturated carbocycles. The molecule has 0 aromatic rings. The lowest BCUT2D eigenvalue weighted by Crippen LogP contribution is -2.16. The molecule has 0 radical (unpaired) electrons. The van der Waals surface area contributed by atoms with Crippen molar-refractivity contribution >= 4 is 0 Å². The van der Waals surface area contributed by atoms with E-state index in [-0.39, 0.29) is 6.10 Å². The van der Waals surface area contributed by atoms with Crippen molar-refractivity contribution < 1.29 is 5.11 Å². The minimum absolute atomic E-state index is 0.0833. The van der Waals surface area contributed by atoms with Crippen molar-refractivity contribution in [2.24, 2.45) is 5.92 Å². The number of aliphatic hydroxyl groups excluding tert-OH is 1. The van der Waals surface area contributed by atoms with Gasteiger partial charge in [0.2, 0.25) is 0 Å². The van der Waals surface area contributed by atoms with E-state index in [9.17, 15) is 0 Å². The smallest absolute Gasteiger partial charge is 0.0704 e. The fraction of sp³-hybridized carbons (Fsp3) is 1.00. The second-order valence-corrected chi connectivity index (χ2v) is 2.77. The van der Waals surface area contributed by atoms with Crippen LogP contribution in [0.25, 0.3) is 0 Å². The lowest BCUT2D eigenvalue weighted by molar-refractivity contribution is 0.151. The minimum atomic E-state index is -0.0833. The third-order valence-electron chi connectivity index (χ3n) is 1.76. The number of likely N-dealkylation sites (N-methyl/N-ethyl adjacent to an activating group) is 1. The Labute approximate surface area is 50.1 Å². The molecular weight excluding hydrogens is 102 g/mol. The number of aliphatic hydroxyl groups is 1. The van der Waals surface area contributed by atoms with E-state index in [0.29, 0.717) is 5.92 Å². The third kappa shape index (κ3) is 1.01. The van der Waals surface area contributed by atoms with Crippen LogP contribution in [0, 0.1) is 5.92 Å². The maximum Gasteiger partial charge on any atom is 0.0704 e. The van der Waals surface area contributed by atoms with E-state index >= 15 is 0 Å². The Bertz CT molecular complexity index is 74.6. The van der Waals surface area contributed by atoms with Gasteiger partial charge in [-0.1, -0.05) is 6.92 Å². The van der Waals surface area contributed by atoms with Crippen LogP contribution in [0.5, 0.6) is 0 Å². The van der Waals surface area contributed by atoms with E-state index in [1.165, 1.54) is 0 Å². The van der Waals surface area contributed by atoms with Gasteiger partial charge in [-0.05, 0) is 13.0 Å². The molecular formula is C6H13NO. The summed E-state index contributed by atoms with van der Waals surface area (Å²) >= 11 is 0. The van der Waals surface area contributed by atoms with E-state index < -0.39 is 0 Å². The van der Waals surface area contributed by atoms with Gasteiger partial charge in [-0.2, -0.15) is 0 Å². The highest BCUT2D eigenvalue weighted by atomic mass is 16.3. The van der Waals surface area contributed by atoms with E-state index in [2.05, 4.69) is 11.8 Å². The first kappa shape index (κ1) is 6.05. The largest absolute Gasteiger partial charge is 0.391 e. The average molecular weight is 115 g/mol. The zero-order valence-electron chi connectivity index (χ0n) is 5.46. The number of β-amino-alcohol motifs (C(OH)–C–C–N with tert-alkyl or cyclic N) is 1. The maximum atomic E-state index is 9.13. The monoisotopic (exact) mass is 115 g/mol. The van der Waals surface area contributed by atoms with Crippen LogP contribution in [0.3, 0.4) is 0 Å². The molecule has 48 valence electrons. The molecule has 8 heavy (non-hydrogen) atoms. The number of likely N-dealkylation sites (tertiary alicyclic amines) is 1. The molecule has 0 aromatic heterocycles. The first-order chi connectivity index (χ1) is 3.70. The van der Waals surface area contributed by atoms with Gasteiger partial charge in [0, 0.05) is 13.1 Å². The standard InChI is InChI=1S/C6H13NO/c1-5-3-7(2)4-6(5)8/h5-6,8H,3-4H2,1-2H3/t5-,6+/m1/s1. The SMILES string of the molecule is C[C@@H]1CN(C)C[C@@H]1O. The van der Waals surface area contributed by atoms with E-state index in [1.54, 1.807) is 0 Å². The third-order valence-corrected chi connectivity index (χ3v) is 1.76. The second kappa shape index (κ2) is 2.03. The molecule has 2 heteroatoms. The number of nitrogens with zero attached hydrogens (tertiary/aromatic N) is 1. The van der Waals surface area contributed by atoms with Gasteiger partial charge >= 0.3 is 0 Å². The van der Waals surface area contributed by atoms with Crippen molar-refractivity contribution in [2.45, 2.75) is 13.0 Å². The fourth-order valence-electron chi connectivity index (χ4n) is 1.19. The Hall–Kier alpha value is -0.0800. The van der Waals surface area contributed by atoms with Gasteiger partial charge in [0.25, 0.3) is 0 Å². The first-order valence-corrected chi connectivity index (χ1v) is 3.07. The van der Waals surface area contributed by atoms with Crippen LogP contribution >= 0.6 is 0 Å². The molecule has 1 N–H and O–H groups in total. The molecule has 1 saturated heterocycles. The summed E-state index contributed by atoms with van der Waals surface area (Å²) in [6.45, 7) is 3.97. The molecule has 1 heterocycles. The van der Waals surface area contributed by atoms with Gasteiger partial charge in [0.1, 0.15) is 0 Å². The lowest BCUT2D eigenvalue weighted by Gasteiger charge is -2.02. The van der Waals surface area contributed by atoms with Crippen LogP contribution in [0.2, 0.25) is 0 Å². The second-order valence-electron chi connectivity index (χ2n) is 2.77. The van der Waals surface area contributed by atoms with Crippen LogP contribution in [-0.4, -0.2) is 36.2 Å². The zero-order chi connectivity index (χ0) is 6.15.